The van der Waals surface area contributed by atoms with Crippen molar-refractivity contribution in [2.45, 2.75) is 110 Å². The van der Waals surface area contributed by atoms with Crippen LogP contribution >= 0.6 is 0 Å². The molecular formula is C49H61N3O9Si. The molecule has 4 aromatic rings. The second-order valence-corrected chi connectivity index (χ2v) is 22.9. The van der Waals surface area contributed by atoms with Gasteiger partial charge in [0.15, 0.2) is 6.10 Å². The molecule has 1 unspecified atom stereocenters. The van der Waals surface area contributed by atoms with Gasteiger partial charge >= 0.3 is 23.8 Å². The molecule has 12 nitrogen and oxygen atoms in total. The summed E-state index contributed by atoms with van der Waals surface area (Å²) in [5.41, 5.74) is 2.23. The third-order valence-electron chi connectivity index (χ3n) is 9.69. The lowest BCUT2D eigenvalue weighted by Gasteiger charge is -2.29. The van der Waals surface area contributed by atoms with Crippen molar-refractivity contribution in [1.82, 2.24) is 10.6 Å². The fourth-order valence-corrected chi connectivity index (χ4v) is 7.30. The number of hydrogen-bond acceptors (Lipinski definition) is 9. The van der Waals surface area contributed by atoms with Crippen molar-refractivity contribution in [1.29, 1.82) is 0 Å². The van der Waals surface area contributed by atoms with E-state index in [2.05, 4.69) is 30.3 Å². The molecule has 0 saturated heterocycles. The number of aryl methyl sites for hydroxylation is 1. The van der Waals surface area contributed by atoms with E-state index in [1.165, 1.54) is 17.9 Å². The number of ether oxygens (including phenoxy) is 3. The van der Waals surface area contributed by atoms with Crippen molar-refractivity contribution in [2.75, 3.05) is 18.1 Å². The van der Waals surface area contributed by atoms with E-state index in [9.17, 15) is 28.8 Å². The largest absolute Gasteiger partial charge is 0.466 e. The summed E-state index contributed by atoms with van der Waals surface area (Å²) in [6, 6.07) is 30.2. The Balaban J connectivity index is 1.62. The van der Waals surface area contributed by atoms with Crippen LogP contribution in [0.25, 0.3) is 0 Å². The number of esters is 3. The van der Waals surface area contributed by atoms with Crippen molar-refractivity contribution < 1.29 is 43.0 Å². The molecule has 330 valence electrons. The quantitative estimate of drug-likeness (QED) is 0.0311. The van der Waals surface area contributed by atoms with Gasteiger partial charge in [0.2, 0.25) is 11.8 Å². The van der Waals surface area contributed by atoms with Crippen LogP contribution in [-0.4, -0.2) is 68.5 Å². The zero-order valence-electron chi connectivity index (χ0n) is 37.2. The van der Waals surface area contributed by atoms with E-state index in [-0.39, 0.29) is 30.1 Å². The summed E-state index contributed by atoms with van der Waals surface area (Å²) in [6.07, 6.45) is 1.06. The number of carbonyl (C=O) groups is 6. The number of para-hydroxylation sites is 1. The molecule has 13 heteroatoms. The number of unbranched alkanes of at least 4 members (excludes halogenated alkanes) is 1. The summed E-state index contributed by atoms with van der Waals surface area (Å²) in [7, 11) is -1.31. The Hall–Kier alpha value is -6.08. The molecule has 0 saturated carbocycles. The van der Waals surface area contributed by atoms with Gasteiger partial charge < -0.3 is 24.8 Å². The Morgan fingerprint density at radius 2 is 1.39 bits per heavy atom. The standard InChI is InChI=1S/C49H61N3O9Si/c1-9-36-32-35(33-40(51-34(2)53)45(55)50-29-19-18-26-43(54)59-30-31-62(6,7)8)27-28-41(36)52(46(56)48(58)61-49(3,4)5)42-25-17-16-24-39(42)47(57)60-44(37-20-12-10-13-21-37)38-22-14-11-15-23-38/h10-17,20-25,27-28,32,40,44H,9,18-19,26,29-31,33H2,1-8H3,(H,50,55)(H,51,53). The van der Waals surface area contributed by atoms with Crippen molar-refractivity contribution in [3.8, 4) is 0 Å². The number of hydrogen-bond donors (Lipinski definition) is 2. The fourth-order valence-electron chi connectivity index (χ4n) is 6.59. The SMILES string of the molecule is CCc1cc(CC(NC(C)=O)C(=O)NCCCCC(=O)OCC[Si](C)(C)C)ccc1N(C(=O)C(=O)OC(C)(C)C)c1ccccc1C(=O)OC(c1ccccc1)c1ccccc1. The van der Waals surface area contributed by atoms with Crippen LogP contribution in [0.15, 0.2) is 103 Å². The molecule has 62 heavy (non-hydrogen) atoms. The molecule has 3 amide bonds. The minimum atomic E-state index is -1.31. The Bertz CT molecular complexity index is 2130. The van der Waals surface area contributed by atoms with Crippen molar-refractivity contribution in [3.63, 3.8) is 0 Å². The molecule has 0 aliphatic rings. The molecule has 0 aliphatic heterocycles. The first-order valence-electron chi connectivity index (χ1n) is 21.2. The minimum Gasteiger partial charge on any atom is -0.466 e. The third-order valence-corrected chi connectivity index (χ3v) is 11.4. The number of nitrogens with one attached hydrogen (secondary N) is 2. The van der Waals surface area contributed by atoms with E-state index >= 15 is 0 Å². The normalized spacial score (nSPS) is 11.9. The monoisotopic (exact) mass is 863 g/mol. The summed E-state index contributed by atoms with van der Waals surface area (Å²) < 4.78 is 17.1. The maximum Gasteiger partial charge on any atom is 0.398 e. The Morgan fingerprint density at radius 3 is 1.97 bits per heavy atom. The summed E-state index contributed by atoms with van der Waals surface area (Å²) in [5, 5.41) is 5.61. The van der Waals surface area contributed by atoms with Crippen LogP contribution < -0.4 is 15.5 Å². The topological polar surface area (TPSA) is 157 Å². The van der Waals surface area contributed by atoms with Crippen molar-refractivity contribution in [3.05, 3.63) is 131 Å². The highest BCUT2D eigenvalue weighted by Gasteiger charge is 2.34. The van der Waals surface area contributed by atoms with E-state index in [1.807, 2.05) is 73.7 Å². The number of anilines is 2. The first-order valence-corrected chi connectivity index (χ1v) is 24.9. The first kappa shape index (κ1) is 48.6. The summed E-state index contributed by atoms with van der Waals surface area (Å²) in [6.45, 7) is 15.6. The molecule has 2 N–H and O–H groups in total. The van der Waals surface area contributed by atoms with Crippen molar-refractivity contribution >= 4 is 55.1 Å². The molecule has 4 aromatic carbocycles. The van der Waals surface area contributed by atoms with Crippen LogP contribution in [0.3, 0.4) is 0 Å². The van der Waals surface area contributed by atoms with Gasteiger partial charge in [-0.25, -0.2) is 9.59 Å². The number of nitrogens with zero attached hydrogens (tertiary/aromatic N) is 1. The van der Waals surface area contributed by atoms with Crippen LogP contribution in [0.2, 0.25) is 25.7 Å². The summed E-state index contributed by atoms with van der Waals surface area (Å²) in [5.74, 6) is -3.91. The second kappa shape index (κ2) is 22.7. The average molecular weight is 864 g/mol. The van der Waals surface area contributed by atoms with E-state index in [0.717, 1.165) is 17.2 Å². The van der Waals surface area contributed by atoms with Gasteiger partial charge in [-0.2, -0.15) is 0 Å². The van der Waals surface area contributed by atoms with E-state index in [1.54, 1.807) is 51.1 Å². The summed E-state index contributed by atoms with van der Waals surface area (Å²) >= 11 is 0. The lowest BCUT2D eigenvalue weighted by molar-refractivity contribution is -0.162. The minimum absolute atomic E-state index is 0.0359. The predicted molar refractivity (Wildman–Crippen MR) is 243 cm³/mol. The van der Waals surface area contributed by atoms with E-state index in [0.29, 0.717) is 49.2 Å². The highest BCUT2D eigenvalue weighted by molar-refractivity contribution is 6.76. The number of amides is 3. The van der Waals surface area contributed by atoms with Gasteiger partial charge in [-0.3, -0.25) is 24.1 Å². The molecule has 0 aliphatic carbocycles. The number of benzene rings is 4. The molecular weight excluding hydrogens is 803 g/mol. The molecule has 0 aromatic heterocycles. The van der Waals surface area contributed by atoms with Gasteiger partial charge in [0.05, 0.1) is 23.5 Å². The molecule has 1 atom stereocenters. The van der Waals surface area contributed by atoms with Gasteiger partial charge in [0.25, 0.3) is 0 Å². The Labute approximate surface area is 366 Å². The lowest BCUT2D eigenvalue weighted by atomic mass is 9.98. The Kier molecular flexibility index (Phi) is 17.8. The van der Waals surface area contributed by atoms with Gasteiger partial charge in [-0.1, -0.05) is 111 Å². The molecule has 0 bridgehead atoms. The highest BCUT2D eigenvalue weighted by atomic mass is 28.3. The fraction of sp³-hybridized carbons (Fsp3) is 0.388. The maximum absolute atomic E-state index is 14.3. The molecule has 0 fully saturated rings. The van der Waals surface area contributed by atoms with Crippen LogP contribution in [0.5, 0.6) is 0 Å². The zero-order valence-corrected chi connectivity index (χ0v) is 38.2. The van der Waals surface area contributed by atoms with Gasteiger partial charge in [-0.15, -0.1) is 0 Å². The van der Waals surface area contributed by atoms with Crippen LogP contribution in [0, 0.1) is 0 Å². The van der Waals surface area contributed by atoms with Gasteiger partial charge in [0, 0.05) is 34.4 Å². The van der Waals surface area contributed by atoms with Crippen LogP contribution in [-0.2, 0) is 51.0 Å². The molecule has 0 heterocycles. The second-order valence-electron chi connectivity index (χ2n) is 17.3. The average Bonchev–Trinajstić information content (AvgIpc) is 3.22. The molecule has 0 spiro atoms. The predicted octanol–water partition coefficient (Wildman–Crippen LogP) is 8.42. The molecule has 0 radical (unpaired) electrons. The van der Waals surface area contributed by atoms with E-state index in [4.69, 9.17) is 14.2 Å². The Morgan fingerprint density at radius 1 is 0.774 bits per heavy atom. The molecule has 4 rings (SSSR count). The third kappa shape index (κ3) is 15.1. The smallest absolute Gasteiger partial charge is 0.398 e. The van der Waals surface area contributed by atoms with Gasteiger partial charge in [0.1, 0.15) is 11.6 Å². The maximum atomic E-state index is 14.3. The first-order chi connectivity index (χ1) is 29.4. The van der Waals surface area contributed by atoms with Crippen LogP contribution in [0.1, 0.15) is 92.6 Å². The van der Waals surface area contributed by atoms with Gasteiger partial charge in [-0.05, 0) is 86.5 Å². The van der Waals surface area contributed by atoms with Crippen molar-refractivity contribution in [2.24, 2.45) is 0 Å². The number of rotatable bonds is 19. The highest BCUT2D eigenvalue weighted by Crippen LogP contribution is 2.35. The van der Waals surface area contributed by atoms with Crippen LogP contribution in [0.4, 0.5) is 11.4 Å². The number of carbonyl (C=O) groups excluding carboxylic acids is 6. The summed E-state index contributed by atoms with van der Waals surface area (Å²) in [4.78, 5) is 81.2. The zero-order chi connectivity index (χ0) is 45.5. The van der Waals surface area contributed by atoms with E-state index < -0.39 is 55.5 Å². The lowest BCUT2D eigenvalue weighted by Crippen LogP contribution is -2.47.